The number of carbonyl (C=O) groups excluding carboxylic acids is 1. The van der Waals surface area contributed by atoms with Crippen LogP contribution in [0.15, 0.2) is 46.9 Å². The smallest absolute Gasteiger partial charge is 0.390 e. The Morgan fingerprint density at radius 3 is 2.57 bits per heavy atom. The molecule has 1 saturated heterocycles. The Kier molecular flexibility index (Phi) is 9.47. The van der Waals surface area contributed by atoms with Gasteiger partial charge in [-0.15, -0.1) is 21.5 Å². The lowest BCUT2D eigenvalue weighted by Crippen LogP contribution is -2.47. The Bertz CT molecular complexity index is 1790. The van der Waals surface area contributed by atoms with E-state index in [0.717, 1.165) is 30.0 Å². The minimum atomic E-state index is -4.73. The van der Waals surface area contributed by atoms with Crippen LogP contribution in [0.25, 0.3) is 21.3 Å². The van der Waals surface area contributed by atoms with Gasteiger partial charge in [0.25, 0.3) is 5.91 Å². The molecule has 2 aromatic carbocycles. The van der Waals surface area contributed by atoms with Crippen LogP contribution < -0.4 is 4.72 Å². The number of aromatic nitrogens is 3. The second-order valence-electron chi connectivity index (χ2n) is 10.1. The summed E-state index contributed by atoms with van der Waals surface area (Å²) >= 11 is -1.74. The van der Waals surface area contributed by atoms with E-state index in [1.165, 1.54) is 0 Å². The van der Waals surface area contributed by atoms with Crippen molar-refractivity contribution in [1.29, 1.82) is 0 Å². The molecule has 18 heteroatoms. The molecule has 0 aliphatic carbocycles. The fraction of sp³-hybridized carbons (Fsp3) is 0.385. The number of carbonyl (C=O) groups is 1. The van der Waals surface area contributed by atoms with E-state index in [0.29, 0.717) is 34.4 Å². The summed E-state index contributed by atoms with van der Waals surface area (Å²) in [6, 6.07) is 12.3. The van der Waals surface area contributed by atoms with Crippen molar-refractivity contribution in [2.45, 2.75) is 24.4 Å². The molecule has 1 aliphatic heterocycles. The highest BCUT2D eigenvalue weighted by Gasteiger charge is 2.40. The number of fused-ring (bicyclic) bond motifs is 1. The Morgan fingerprint density at radius 1 is 1.14 bits per heavy atom. The van der Waals surface area contributed by atoms with Gasteiger partial charge >= 0.3 is 6.18 Å². The number of rotatable bonds is 10. The van der Waals surface area contributed by atoms with Gasteiger partial charge in [-0.3, -0.25) is 9.00 Å². The molecule has 0 radical (unpaired) electrons. The summed E-state index contributed by atoms with van der Waals surface area (Å²) in [6.07, 6.45) is -6.33. The zero-order chi connectivity index (χ0) is 31.6. The standard InChI is InChI=1S/C26H27F3N6O6S3/c1-34-8-10-35(11-9-34)25(36)18-4-2-3-16(13-18)17-5-6-19-20(14-17)42-24(31-19)22(44(39,40)12-7-26(27,28)29)23-33-32-21(41-23)15-30-43(37)38/h2-6,13-14,22,30H,7-12,15H2,1H3,(H,37,38)/p-1. The molecule has 3 heterocycles. The van der Waals surface area contributed by atoms with E-state index in [-0.39, 0.29) is 16.8 Å². The summed E-state index contributed by atoms with van der Waals surface area (Å²) < 4.78 is 95.0. The Labute approximate surface area is 256 Å². The van der Waals surface area contributed by atoms with Gasteiger partial charge in [0.05, 0.1) is 28.9 Å². The molecule has 0 bridgehead atoms. The lowest BCUT2D eigenvalue weighted by atomic mass is 10.0. The summed E-state index contributed by atoms with van der Waals surface area (Å²) in [4.78, 5) is 21.5. The van der Waals surface area contributed by atoms with Crippen LogP contribution in [-0.2, 0) is 27.6 Å². The number of halogens is 3. The Hall–Kier alpha value is -3.29. The van der Waals surface area contributed by atoms with Crippen LogP contribution in [0.4, 0.5) is 13.2 Å². The predicted octanol–water partition coefficient (Wildman–Crippen LogP) is 3.07. The normalized spacial score (nSPS) is 16.3. The first-order chi connectivity index (χ1) is 20.8. The van der Waals surface area contributed by atoms with Gasteiger partial charge in [0.15, 0.2) is 15.1 Å². The third-order valence-electron chi connectivity index (χ3n) is 6.94. The first-order valence-corrected chi connectivity index (χ1v) is 16.8. The summed E-state index contributed by atoms with van der Waals surface area (Å²) in [5.74, 6) is -2.15. The van der Waals surface area contributed by atoms with Crippen LogP contribution in [0.3, 0.4) is 0 Å². The summed E-state index contributed by atoms with van der Waals surface area (Å²) in [7, 11) is -2.57. The zero-order valence-corrected chi connectivity index (χ0v) is 25.6. The fourth-order valence-corrected chi connectivity index (χ4v) is 7.93. The topological polar surface area (TPSA) is 162 Å². The largest absolute Gasteiger partial charge is 0.760 e. The predicted molar refractivity (Wildman–Crippen MR) is 155 cm³/mol. The number of likely N-dealkylation sites (N-methyl/N-ethyl adjacent to an activating group) is 1. The molecule has 236 valence electrons. The average molecular weight is 672 g/mol. The van der Waals surface area contributed by atoms with Gasteiger partial charge in [-0.05, 0) is 42.4 Å². The van der Waals surface area contributed by atoms with Gasteiger partial charge in [0, 0.05) is 43.0 Å². The minimum Gasteiger partial charge on any atom is -0.760 e. The van der Waals surface area contributed by atoms with Crippen LogP contribution in [0.2, 0.25) is 0 Å². The van der Waals surface area contributed by atoms with E-state index >= 15 is 0 Å². The summed E-state index contributed by atoms with van der Waals surface area (Å²) in [5, 5.41) is 5.42. The van der Waals surface area contributed by atoms with Crippen molar-refractivity contribution in [2.24, 2.45) is 0 Å². The number of hydrogen-bond acceptors (Lipinski definition) is 11. The fourth-order valence-electron chi connectivity index (χ4n) is 4.61. The van der Waals surface area contributed by atoms with E-state index in [9.17, 15) is 35.1 Å². The molecular formula is C26H26F3N6O6S3-. The highest BCUT2D eigenvalue weighted by Crippen LogP contribution is 2.38. The van der Waals surface area contributed by atoms with Crippen LogP contribution in [-0.4, -0.2) is 93.2 Å². The molecule has 1 amide bonds. The molecular weight excluding hydrogens is 646 g/mol. The number of alkyl halides is 3. The Balaban J connectivity index is 1.47. The van der Waals surface area contributed by atoms with Crippen molar-refractivity contribution in [3.63, 3.8) is 0 Å². The molecule has 2 atom stereocenters. The van der Waals surface area contributed by atoms with Gasteiger partial charge in [-0.1, -0.05) is 18.2 Å². The van der Waals surface area contributed by atoms with E-state index in [1.807, 2.05) is 17.8 Å². The third-order valence-corrected chi connectivity index (χ3v) is 10.5. The molecule has 1 aliphatic rings. The maximum absolute atomic E-state index is 13.3. The van der Waals surface area contributed by atoms with Crippen molar-refractivity contribution >= 4 is 48.6 Å². The van der Waals surface area contributed by atoms with Gasteiger partial charge in [0.1, 0.15) is 5.01 Å². The number of piperazine rings is 1. The lowest BCUT2D eigenvalue weighted by Gasteiger charge is -2.32. The van der Waals surface area contributed by atoms with Crippen molar-refractivity contribution in [3.8, 4) is 11.1 Å². The van der Waals surface area contributed by atoms with Crippen molar-refractivity contribution in [2.75, 3.05) is 39.0 Å². The average Bonchev–Trinajstić information content (AvgIpc) is 3.61. The monoisotopic (exact) mass is 671 g/mol. The number of thiazole rings is 1. The second kappa shape index (κ2) is 13.0. The number of hydrogen-bond donors (Lipinski definition) is 1. The van der Waals surface area contributed by atoms with E-state index in [4.69, 9.17) is 4.42 Å². The first-order valence-electron chi connectivity index (χ1n) is 13.2. The number of sulfone groups is 1. The lowest BCUT2D eigenvalue weighted by molar-refractivity contribution is -0.129. The molecule has 0 saturated carbocycles. The van der Waals surface area contributed by atoms with Gasteiger partial charge in [0.2, 0.25) is 11.8 Å². The molecule has 4 aromatic rings. The van der Waals surface area contributed by atoms with Crippen LogP contribution in [0.1, 0.15) is 38.8 Å². The first kappa shape index (κ1) is 32.1. The number of benzene rings is 2. The molecule has 2 aromatic heterocycles. The minimum absolute atomic E-state index is 0.0800. The van der Waals surface area contributed by atoms with Crippen molar-refractivity contribution in [1.82, 2.24) is 29.7 Å². The molecule has 12 nitrogen and oxygen atoms in total. The number of amides is 1. The van der Waals surface area contributed by atoms with Gasteiger partial charge in [-0.2, -0.15) is 13.2 Å². The van der Waals surface area contributed by atoms with Gasteiger partial charge < -0.3 is 18.8 Å². The molecule has 0 spiro atoms. The van der Waals surface area contributed by atoms with E-state index in [1.54, 1.807) is 41.3 Å². The molecule has 1 N–H and O–H groups in total. The maximum Gasteiger partial charge on any atom is 0.390 e. The number of nitrogens with one attached hydrogen (secondary N) is 1. The number of nitrogens with zero attached hydrogens (tertiary/aromatic N) is 5. The van der Waals surface area contributed by atoms with E-state index in [2.05, 4.69) is 20.1 Å². The third kappa shape index (κ3) is 7.67. The second-order valence-corrected chi connectivity index (χ2v) is 14.1. The quantitative estimate of drug-likeness (QED) is 0.248. The van der Waals surface area contributed by atoms with Crippen molar-refractivity contribution < 1.29 is 39.6 Å². The zero-order valence-electron chi connectivity index (χ0n) is 23.1. The Morgan fingerprint density at radius 2 is 1.86 bits per heavy atom. The SMILES string of the molecule is CN1CCN(C(=O)c2cccc(-c3ccc4nc(C(c5nnc(CNS(=O)[O-])o5)S(=O)(=O)CCC(F)(F)F)sc4c3)c2)CC1. The van der Waals surface area contributed by atoms with Crippen LogP contribution >= 0.6 is 11.3 Å². The van der Waals surface area contributed by atoms with Gasteiger partial charge in [-0.25, -0.2) is 18.1 Å². The molecule has 44 heavy (non-hydrogen) atoms. The highest BCUT2D eigenvalue weighted by atomic mass is 32.2. The summed E-state index contributed by atoms with van der Waals surface area (Å²) in [5.41, 5.74) is 2.36. The molecule has 2 unspecified atom stereocenters. The highest BCUT2D eigenvalue weighted by molar-refractivity contribution is 7.92. The summed E-state index contributed by atoms with van der Waals surface area (Å²) in [6.45, 7) is 2.37. The van der Waals surface area contributed by atoms with E-state index < -0.39 is 57.1 Å². The van der Waals surface area contributed by atoms with Crippen LogP contribution in [0.5, 0.6) is 0 Å². The molecule has 1 fully saturated rings. The maximum atomic E-state index is 13.3. The van der Waals surface area contributed by atoms with Crippen LogP contribution in [0, 0.1) is 0 Å². The van der Waals surface area contributed by atoms with Crippen molar-refractivity contribution in [3.05, 3.63) is 64.8 Å². The molecule has 5 rings (SSSR count).